The Hall–Kier alpha value is 0. The second-order valence-corrected chi connectivity index (χ2v) is 5.43. The lowest BCUT2D eigenvalue weighted by Gasteiger charge is -2.21. The van der Waals surface area contributed by atoms with Crippen LogP contribution < -0.4 is 5.73 Å². The summed E-state index contributed by atoms with van der Waals surface area (Å²) in [5.74, 6) is 0.793. The Morgan fingerprint density at radius 2 is 1.76 bits per heavy atom. The van der Waals surface area contributed by atoms with Crippen LogP contribution in [0.1, 0.15) is 51.9 Å². The van der Waals surface area contributed by atoms with E-state index in [2.05, 4.69) is 16.8 Å². The molecule has 0 bridgehead atoms. The quantitative estimate of drug-likeness (QED) is 0.483. The van der Waals surface area contributed by atoms with Gasteiger partial charge in [0.2, 0.25) is 0 Å². The Labute approximate surface area is 122 Å². The van der Waals surface area contributed by atoms with E-state index in [1.807, 2.05) is 0 Å². The number of likely N-dealkylation sites (tertiary alicyclic amines) is 1. The average molecular weight is 351 g/mol. The molecule has 2 aliphatic rings. The molecule has 0 spiro atoms. The summed E-state index contributed by atoms with van der Waals surface area (Å²) in [4.78, 5) is 6.89. The van der Waals surface area contributed by atoms with E-state index in [1.54, 1.807) is 0 Å². The molecule has 1 saturated carbocycles. The zero-order chi connectivity index (χ0) is 11.4. The van der Waals surface area contributed by atoms with Crippen molar-refractivity contribution in [3.8, 4) is 0 Å². The first-order valence-corrected chi connectivity index (χ1v) is 6.81. The highest BCUT2D eigenvalue weighted by Crippen LogP contribution is 2.48. The largest absolute Gasteiger partial charge is 0.370 e. The summed E-state index contributed by atoms with van der Waals surface area (Å²) >= 11 is 0. The van der Waals surface area contributed by atoms with Crippen LogP contribution in [0.4, 0.5) is 0 Å². The fraction of sp³-hybridized carbons (Fsp3) is 0.923. The summed E-state index contributed by atoms with van der Waals surface area (Å²) in [6.07, 6.45) is 9.19. The molecule has 3 nitrogen and oxygen atoms in total. The zero-order valence-corrected chi connectivity index (χ0v) is 13.3. The summed E-state index contributed by atoms with van der Waals surface area (Å²) in [6, 6.07) is 0. The van der Waals surface area contributed by atoms with Crippen LogP contribution in [-0.4, -0.2) is 30.5 Å². The summed E-state index contributed by atoms with van der Waals surface area (Å²) < 4.78 is 0. The molecular formula is C13H26IN3. The number of hydrogen-bond donors (Lipinski definition) is 1. The van der Waals surface area contributed by atoms with Gasteiger partial charge < -0.3 is 10.6 Å². The lowest BCUT2D eigenvalue weighted by Crippen LogP contribution is -2.38. The van der Waals surface area contributed by atoms with E-state index in [1.165, 1.54) is 44.9 Å². The SMILES string of the molecule is CCC1(CN=C(N)N2CCCCCC2)CC1.I. The van der Waals surface area contributed by atoms with Crippen molar-refractivity contribution < 1.29 is 0 Å². The predicted molar refractivity (Wildman–Crippen MR) is 83.9 cm³/mol. The van der Waals surface area contributed by atoms with Crippen molar-refractivity contribution in [2.24, 2.45) is 16.1 Å². The van der Waals surface area contributed by atoms with E-state index < -0.39 is 0 Å². The highest BCUT2D eigenvalue weighted by molar-refractivity contribution is 14.0. The highest BCUT2D eigenvalue weighted by Gasteiger charge is 2.40. The van der Waals surface area contributed by atoms with Crippen molar-refractivity contribution in [2.45, 2.75) is 51.9 Å². The maximum atomic E-state index is 6.08. The van der Waals surface area contributed by atoms with Gasteiger partial charge in [-0.2, -0.15) is 0 Å². The second-order valence-electron chi connectivity index (χ2n) is 5.43. The van der Waals surface area contributed by atoms with Crippen molar-refractivity contribution >= 4 is 29.9 Å². The molecule has 17 heavy (non-hydrogen) atoms. The third kappa shape index (κ3) is 4.30. The van der Waals surface area contributed by atoms with Gasteiger partial charge in [-0.25, -0.2) is 0 Å². The average Bonchev–Trinajstić information content (AvgIpc) is 3.11. The number of hydrogen-bond acceptors (Lipinski definition) is 1. The molecule has 100 valence electrons. The van der Waals surface area contributed by atoms with Crippen LogP contribution in [0.25, 0.3) is 0 Å². The zero-order valence-electron chi connectivity index (χ0n) is 11.0. The normalized spacial score (nSPS) is 23.8. The number of guanidine groups is 1. The van der Waals surface area contributed by atoms with E-state index in [4.69, 9.17) is 5.73 Å². The number of rotatable bonds is 3. The topological polar surface area (TPSA) is 41.6 Å². The van der Waals surface area contributed by atoms with E-state index in [-0.39, 0.29) is 24.0 Å². The van der Waals surface area contributed by atoms with Crippen molar-refractivity contribution in [1.29, 1.82) is 0 Å². The molecule has 0 amide bonds. The maximum Gasteiger partial charge on any atom is 0.191 e. The van der Waals surface area contributed by atoms with Gasteiger partial charge in [0.25, 0.3) is 0 Å². The van der Waals surface area contributed by atoms with Gasteiger partial charge >= 0.3 is 0 Å². The van der Waals surface area contributed by atoms with E-state index >= 15 is 0 Å². The van der Waals surface area contributed by atoms with Gasteiger partial charge in [0, 0.05) is 19.6 Å². The molecule has 0 aromatic carbocycles. The fourth-order valence-electron chi connectivity index (χ4n) is 2.45. The van der Waals surface area contributed by atoms with Gasteiger partial charge in [0.1, 0.15) is 0 Å². The van der Waals surface area contributed by atoms with Crippen LogP contribution in [-0.2, 0) is 0 Å². The highest BCUT2D eigenvalue weighted by atomic mass is 127. The molecule has 0 unspecified atom stereocenters. The molecule has 1 heterocycles. The maximum absolute atomic E-state index is 6.08. The van der Waals surface area contributed by atoms with Gasteiger partial charge in [-0.3, -0.25) is 4.99 Å². The van der Waals surface area contributed by atoms with Crippen LogP contribution in [0.2, 0.25) is 0 Å². The minimum Gasteiger partial charge on any atom is -0.370 e. The summed E-state index contributed by atoms with van der Waals surface area (Å²) in [5.41, 5.74) is 6.61. The van der Waals surface area contributed by atoms with Gasteiger partial charge in [-0.15, -0.1) is 24.0 Å². The predicted octanol–water partition coefficient (Wildman–Crippen LogP) is 2.99. The van der Waals surface area contributed by atoms with Gasteiger partial charge in [0.15, 0.2) is 5.96 Å². The third-order valence-electron chi connectivity index (χ3n) is 4.21. The Morgan fingerprint density at radius 1 is 1.18 bits per heavy atom. The molecule has 2 fully saturated rings. The van der Waals surface area contributed by atoms with Gasteiger partial charge in [0.05, 0.1) is 0 Å². The van der Waals surface area contributed by atoms with Crippen LogP contribution in [0.3, 0.4) is 0 Å². The molecule has 0 radical (unpaired) electrons. The molecule has 1 aliphatic carbocycles. The Morgan fingerprint density at radius 3 is 2.24 bits per heavy atom. The first kappa shape index (κ1) is 15.1. The molecule has 1 saturated heterocycles. The van der Waals surface area contributed by atoms with Crippen LogP contribution in [0.5, 0.6) is 0 Å². The number of nitrogens with zero attached hydrogens (tertiary/aromatic N) is 2. The number of aliphatic imine (C=N–C) groups is 1. The molecule has 2 N–H and O–H groups in total. The lowest BCUT2D eigenvalue weighted by molar-refractivity contribution is 0.422. The number of halogens is 1. The smallest absolute Gasteiger partial charge is 0.191 e. The van der Waals surface area contributed by atoms with Gasteiger partial charge in [-0.05, 0) is 37.5 Å². The van der Waals surface area contributed by atoms with E-state index in [9.17, 15) is 0 Å². The monoisotopic (exact) mass is 351 g/mol. The van der Waals surface area contributed by atoms with E-state index in [0.717, 1.165) is 25.6 Å². The fourth-order valence-corrected chi connectivity index (χ4v) is 2.45. The molecular weight excluding hydrogens is 325 g/mol. The minimum absolute atomic E-state index is 0. The van der Waals surface area contributed by atoms with Crippen molar-refractivity contribution in [3.05, 3.63) is 0 Å². The number of nitrogens with two attached hydrogens (primary N) is 1. The summed E-state index contributed by atoms with van der Waals surface area (Å²) in [6.45, 7) is 5.43. The molecule has 2 rings (SSSR count). The summed E-state index contributed by atoms with van der Waals surface area (Å²) in [7, 11) is 0. The Kier molecular flexibility index (Phi) is 6.03. The third-order valence-corrected chi connectivity index (χ3v) is 4.21. The van der Waals surface area contributed by atoms with Crippen LogP contribution in [0.15, 0.2) is 4.99 Å². The van der Waals surface area contributed by atoms with E-state index in [0.29, 0.717) is 5.41 Å². The first-order valence-electron chi connectivity index (χ1n) is 6.81. The van der Waals surface area contributed by atoms with Crippen molar-refractivity contribution in [2.75, 3.05) is 19.6 Å². The minimum atomic E-state index is 0. The Balaban J connectivity index is 0.00000144. The first-order chi connectivity index (χ1) is 7.76. The summed E-state index contributed by atoms with van der Waals surface area (Å²) in [5, 5.41) is 0. The molecule has 0 aromatic rings. The standard InChI is InChI=1S/C13H25N3.HI/c1-2-13(7-8-13)11-15-12(14)16-9-5-3-4-6-10-16;/h2-11H2,1H3,(H2,14,15);1H. The van der Waals surface area contributed by atoms with Gasteiger partial charge in [-0.1, -0.05) is 19.8 Å². The second kappa shape index (κ2) is 6.81. The van der Waals surface area contributed by atoms with Crippen LogP contribution >= 0.6 is 24.0 Å². The Bertz CT molecular complexity index is 253. The molecule has 0 aromatic heterocycles. The van der Waals surface area contributed by atoms with Crippen molar-refractivity contribution in [3.63, 3.8) is 0 Å². The van der Waals surface area contributed by atoms with Crippen LogP contribution in [0, 0.1) is 5.41 Å². The lowest BCUT2D eigenvalue weighted by atomic mass is 10.1. The molecule has 0 atom stereocenters. The molecule has 4 heteroatoms. The molecule has 1 aliphatic heterocycles. The van der Waals surface area contributed by atoms with Crippen molar-refractivity contribution in [1.82, 2.24) is 4.90 Å².